The lowest BCUT2D eigenvalue weighted by atomic mass is 9.99. The van der Waals surface area contributed by atoms with Crippen molar-refractivity contribution in [1.82, 2.24) is 5.32 Å². The van der Waals surface area contributed by atoms with Crippen LogP contribution < -0.4 is 5.32 Å². The zero-order valence-corrected chi connectivity index (χ0v) is 28.6. The molecule has 1 heterocycles. The Morgan fingerprint density at radius 2 is 1.22 bits per heavy atom. The maximum absolute atomic E-state index is 12.8. The van der Waals surface area contributed by atoms with Gasteiger partial charge in [-0.2, -0.15) is 0 Å². The third-order valence-electron chi connectivity index (χ3n) is 8.86. The fourth-order valence-electron chi connectivity index (χ4n) is 5.80. The number of nitrogens with one attached hydrogen (secondary N) is 1. The number of amides is 1. The van der Waals surface area contributed by atoms with Gasteiger partial charge in [0.15, 0.2) is 6.29 Å². The molecule has 6 N–H and O–H groups in total. The van der Waals surface area contributed by atoms with Crippen LogP contribution in [-0.4, -0.2) is 87.5 Å². The maximum atomic E-state index is 12.8. The summed E-state index contributed by atoms with van der Waals surface area (Å²) >= 11 is 0. The van der Waals surface area contributed by atoms with Crippen LogP contribution in [0.1, 0.15) is 155 Å². The van der Waals surface area contributed by atoms with Gasteiger partial charge in [0.1, 0.15) is 24.4 Å². The van der Waals surface area contributed by atoms with E-state index in [9.17, 15) is 30.3 Å². The third-order valence-corrected chi connectivity index (χ3v) is 8.86. The largest absolute Gasteiger partial charge is 0.394 e. The lowest BCUT2D eigenvalue weighted by molar-refractivity contribution is -0.302. The molecule has 0 bridgehead atoms. The SMILES string of the molecule is CCCCCCCCCC/C=C/C(O)C(COC1OC(CO)C(O)C(O)C1O)NC(=O)CCCCCCCCCCCCCC. The quantitative estimate of drug-likeness (QED) is 0.0441. The zero-order valence-electron chi connectivity index (χ0n) is 28.6. The van der Waals surface area contributed by atoms with Gasteiger partial charge in [-0.3, -0.25) is 4.79 Å². The minimum atomic E-state index is -1.56. The van der Waals surface area contributed by atoms with Crippen LogP contribution in [0.5, 0.6) is 0 Å². The Kier molecular flexibility index (Phi) is 26.1. The normalized spacial score (nSPS) is 23.4. The zero-order chi connectivity index (χ0) is 33.1. The molecule has 1 aliphatic heterocycles. The van der Waals surface area contributed by atoms with E-state index in [0.29, 0.717) is 6.42 Å². The molecule has 0 radical (unpaired) electrons. The Morgan fingerprint density at radius 3 is 1.73 bits per heavy atom. The highest BCUT2D eigenvalue weighted by atomic mass is 16.7. The highest BCUT2D eigenvalue weighted by molar-refractivity contribution is 5.76. The van der Waals surface area contributed by atoms with Gasteiger partial charge in [-0.15, -0.1) is 0 Å². The van der Waals surface area contributed by atoms with E-state index in [2.05, 4.69) is 19.2 Å². The van der Waals surface area contributed by atoms with E-state index in [1.54, 1.807) is 6.08 Å². The number of carbonyl (C=O) groups is 1. The number of ether oxygens (including phenoxy) is 2. The molecule has 0 spiro atoms. The first-order chi connectivity index (χ1) is 21.8. The first-order valence-corrected chi connectivity index (χ1v) is 18.4. The van der Waals surface area contributed by atoms with Gasteiger partial charge in [0.05, 0.1) is 25.4 Å². The van der Waals surface area contributed by atoms with Crippen LogP contribution in [0.3, 0.4) is 0 Å². The second-order valence-electron chi connectivity index (χ2n) is 13.0. The van der Waals surface area contributed by atoms with Crippen LogP contribution in [0, 0.1) is 0 Å². The molecule has 266 valence electrons. The van der Waals surface area contributed by atoms with Crippen molar-refractivity contribution in [1.29, 1.82) is 0 Å². The molecule has 0 aromatic heterocycles. The molecular weight excluding hydrogens is 574 g/mol. The summed E-state index contributed by atoms with van der Waals surface area (Å²) in [5.41, 5.74) is 0. The molecule has 7 atom stereocenters. The predicted octanol–water partition coefficient (Wildman–Crippen LogP) is 5.83. The molecule has 1 amide bonds. The van der Waals surface area contributed by atoms with Gasteiger partial charge in [-0.25, -0.2) is 0 Å². The standard InChI is InChI=1S/C36H69NO8/c1-3-5-7-9-11-13-15-16-18-20-22-24-26-32(40)37-29(28-44-36-35(43)34(42)33(41)31(27-38)45-36)30(39)25-23-21-19-17-14-12-10-8-6-4-2/h23,25,29-31,33-36,38-39,41-43H,3-22,24,26-28H2,1-2H3,(H,37,40)/b25-23+. The molecule has 0 aromatic rings. The number of aliphatic hydroxyl groups is 5. The second kappa shape index (κ2) is 28.0. The Bertz CT molecular complexity index is 721. The van der Waals surface area contributed by atoms with E-state index in [1.807, 2.05) is 6.08 Å². The first kappa shape index (κ1) is 42.0. The molecule has 1 fully saturated rings. The summed E-state index contributed by atoms with van der Waals surface area (Å²) in [6.07, 6.45) is 21.1. The van der Waals surface area contributed by atoms with Crippen LogP contribution in [-0.2, 0) is 14.3 Å². The lowest BCUT2D eigenvalue weighted by Crippen LogP contribution is -2.60. The van der Waals surface area contributed by atoms with Crippen LogP contribution in [0.25, 0.3) is 0 Å². The van der Waals surface area contributed by atoms with E-state index in [4.69, 9.17) is 9.47 Å². The van der Waals surface area contributed by atoms with E-state index < -0.39 is 49.5 Å². The van der Waals surface area contributed by atoms with Gasteiger partial charge in [-0.05, 0) is 19.3 Å². The summed E-state index contributed by atoms with van der Waals surface area (Å²) in [6, 6.07) is -0.794. The number of unbranched alkanes of at least 4 members (excludes halogenated alkanes) is 19. The lowest BCUT2D eigenvalue weighted by Gasteiger charge is -2.40. The predicted molar refractivity (Wildman–Crippen MR) is 180 cm³/mol. The van der Waals surface area contributed by atoms with Crippen molar-refractivity contribution in [2.24, 2.45) is 0 Å². The van der Waals surface area contributed by atoms with Gasteiger partial charge in [0.25, 0.3) is 0 Å². The number of hydrogen-bond donors (Lipinski definition) is 6. The molecule has 1 saturated heterocycles. The van der Waals surface area contributed by atoms with Crippen molar-refractivity contribution in [3.8, 4) is 0 Å². The maximum Gasteiger partial charge on any atom is 0.220 e. The van der Waals surface area contributed by atoms with Crippen LogP contribution in [0.2, 0.25) is 0 Å². The topological polar surface area (TPSA) is 149 Å². The number of hydrogen-bond acceptors (Lipinski definition) is 8. The molecular formula is C36H69NO8. The number of aliphatic hydroxyl groups excluding tert-OH is 5. The average molecular weight is 644 g/mol. The van der Waals surface area contributed by atoms with E-state index in [-0.39, 0.29) is 12.5 Å². The van der Waals surface area contributed by atoms with E-state index in [1.165, 1.54) is 96.3 Å². The second-order valence-corrected chi connectivity index (χ2v) is 13.0. The fourth-order valence-corrected chi connectivity index (χ4v) is 5.80. The summed E-state index contributed by atoms with van der Waals surface area (Å²) in [7, 11) is 0. The number of carbonyl (C=O) groups excluding carboxylic acids is 1. The Hall–Kier alpha value is -1.07. The van der Waals surface area contributed by atoms with Crippen molar-refractivity contribution >= 4 is 5.91 Å². The van der Waals surface area contributed by atoms with Crippen molar-refractivity contribution in [2.75, 3.05) is 13.2 Å². The van der Waals surface area contributed by atoms with Crippen LogP contribution in [0.15, 0.2) is 12.2 Å². The Labute approximate surface area is 274 Å². The van der Waals surface area contributed by atoms with Gasteiger partial charge >= 0.3 is 0 Å². The van der Waals surface area contributed by atoms with Crippen LogP contribution >= 0.6 is 0 Å². The van der Waals surface area contributed by atoms with Crippen molar-refractivity contribution < 1.29 is 39.8 Å². The summed E-state index contributed by atoms with van der Waals surface area (Å²) in [5.74, 6) is -0.181. The molecule has 0 aromatic carbocycles. The average Bonchev–Trinajstić information content (AvgIpc) is 3.04. The van der Waals surface area contributed by atoms with Crippen molar-refractivity contribution in [3.05, 3.63) is 12.2 Å². The van der Waals surface area contributed by atoms with Gasteiger partial charge in [0.2, 0.25) is 5.91 Å². The Balaban J connectivity index is 2.48. The fraction of sp³-hybridized carbons (Fsp3) is 0.917. The minimum absolute atomic E-state index is 0.181. The number of rotatable bonds is 29. The summed E-state index contributed by atoms with van der Waals surface area (Å²) in [6.45, 7) is 3.72. The minimum Gasteiger partial charge on any atom is -0.394 e. The number of allylic oxidation sites excluding steroid dienone is 1. The third kappa shape index (κ3) is 20.0. The molecule has 0 aliphatic carbocycles. The van der Waals surface area contributed by atoms with E-state index >= 15 is 0 Å². The van der Waals surface area contributed by atoms with Crippen molar-refractivity contribution in [3.63, 3.8) is 0 Å². The van der Waals surface area contributed by atoms with Gasteiger partial charge in [0, 0.05) is 6.42 Å². The highest BCUT2D eigenvalue weighted by Crippen LogP contribution is 2.22. The molecule has 7 unspecified atom stereocenters. The summed E-state index contributed by atoms with van der Waals surface area (Å²) in [4.78, 5) is 12.8. The first-order valence-electron chi connectivity index (χ1n) is 18.4. The van der Waals surface area contributed by atoms with Gasteiger partial charge < -0.3 is 40.3 Å². The molecule has 9 heteroatoms. The van der Waals surface area contributed by atoms with Crippen molar-refractivity contribution in [2.45, 2.75) is 198 Å². The monoisotopic (exact) mass is 644 g/mol. The van der Waals surface area contributed by atoms with E-state index in [0.717, 1.165) is 38.5 Å². The molecule has 9 nitrogen and oxygen atoms in total. The Morgan fingerprint density at radius 1 is 0.733 bits per heavy atom. The molecule has 1 aliphatic rings. The molecule has 0 saturated carbocycles. The molecule has 45 heavy (non-hydrogen) atoms. The smallest absolute Gasteiger partial charge is 0.220 e. The highest BCUT2D eigenvalue weighted by Gasteiger charge is 2.44. The van der Waals surface area contributed by atoms with Gasteiger partial charge in [-0.1, -0.05) is 142 Å². The summed E-state index contributed by atoms with van der Waals surface area (Å²) in [5, 5.41) is 53.7. The van der Waals surface area contributed by atoms with Crippen LogP contribution in [0.4, 0.5) is 0 Å². The summed E-state index contributed by atoms with van der Waals surface area (Å²) < 4.78 is 11.1. The molecule has 1 rings (SSSR count).